The number of benzene rings is 5. The van der Waals surface area contributed by atoms with Crippen LogP contribution in [-0.2, 0) is 45.8 Å². The molecule has 0 aliphatic carbocycles. The van der Waals surface area contributed by atoms with E-state index < -0.39 is 124 Å². The van der Waals surface area contributed by atoms with Crippen molar-refractivity contribution in [3.63, 3.8) is 0 Å². The second-order valence-electron chi connectivity index (χ2n) is 16.8. The van der Waals surface area contributed by atoms with Crippen LogP contribution in [-0.4, -0.2) is 223 Å². The Hall–Kier alpha value is -8.52. The monoisotopic (exact) mass is 1050 g/mol. The summed E-state index contributed by atoms with van der Waals surface area (Å²) < 4.78 is 0. The molecule has 73 heavy (non-hydrogen) atoms. The standard InChI is InChI=1S/C46H44N8O18.Fe/c55-31(17-49(19-33(57)58)13-15-51(45(69)70)21-35(61)62)47-9-11-53-41(65)27-5-1-23-24-2-6-29-40-30(8-4-26(38(24)40)25-3-7-28(42(53)66)39(27)37(23)25)44(68)54(43(29)67)12-10-48-32(56)18-50(20-34(59)60)14-16-52(46(71)72)22-36(63)64;/h1-8H,9-22H2,(H,47,55)(H,48,56)(H,57,58)(H,59,60)(H,61,62)(H,63,64)(H,69,70)(H,71,72);/q;+2. The maximum atomic E-state index is 14.0. The number of imide groups is 2. The molecular formula is C46H44FeN8O18+2. The van der Waals surface area contributed by atoms with Gasteiger partial charge in [-0.15, -0.1) is 0 Å². The van der Waals surface area contributed by atoms with E-state index in [-0.39, 0.29) is 78.6 Å². The molecule has 26 nitrogen and oxygen atoms in total. The van der Waals surface area contributed by atoms with E-state index in [0.29, 0.717) is 52.9 Å². The number of carbonyl (C=O) groups is 12. The first kappa shape index (κ1) is 53.8. The Morgan fingerprint density at radius 2 is 0.685 bits per heavy atom. The summed E-state index contributed by atoms with van der Waals surface area (Å²) in [5, 5.41) is 64.6. The third-order valence-corrected chi connectivity index (χ3v) is 12.1. The summed E-state index contributed by atoms with van der Waals surface area (Å²) in [6.45, 7) is -6.59. The largest absolute Gasteiger partial charge is 2.00 e. The first-order valence-corrected chi connectivity index (χ1v) is 21.9. The topological polar surface area (TPSA) is 370 Å². The number of amides is 8. The maximum absolute atomic E-state index is 14.0. The van der Waals surface area contributed by atoms with Crippen molar-refractivity contribution in [3.05, 3.63) is 70.8 Å². The zero-order valence-electron chi connectivity index (χ0n) is 38.1. The molecule has 0 spiro atoms. The van der Waals surface area contributed by atoms with E-state index in [9.17, 15) is 78.0 Å². The minimum absolute atomic E-state index is 0. The van der Waals surface area contributed by atoms with Gasteiger partial charge in [0.2, 0.25) is 11.8 Å². The quantitative estimate of drug-likeness (QED) is 0.0175. The van der Waals surface area contributed by atoms with Gasteiger partial charge in [-0.1, -0.05) is 24.3 Å². The van der Waals surface area contributed by atoms with Crippen LogP contribution in [0, 0.1) is 0 Å². The number of fused-ring (bicyclic) bond motifs is 2. The van der Waals surface area contributed by atoms with Gasteiger partial charge in [-0.2, -0.15) is 0 Å². The SMILES string of the molecule is O=C(O)CN(CCN(CC(=O)O)C(=O)O)CC(=O)NCCN1C(=O)c2ccc3c4ccc5c6c(ccc(c7ccc(c2c37)C1=O)c64)C(=O)N(CCNC(=O)CN(CCN(CC(=O)O)C(=O)O)CC(=O)O)C5=O.[Fe+2]. The zero-order chi connectivity index (χ0) is 52.3. The van der Waals surface area contributed by atoms with E-state index in [0.717, 1.165) is 19.6 Å². The summed E-state index contributed by atoms with van der Waals surface area (Å²) >= 11 is 0. The van der Waals surface area contributed by atoms with Gasteiger partial charge in [-0.05, 0) is 56.6 Å². The van der Waals surface area contributed by atoms with Gasteiger partial charge in [0, 0.05) is 85.4 Å². The zero-order valence-corrected chi connectivity index (χ0v) is 39.2. The summed E-state index contributed by atoms with van der Waals surface area (Å²) in [6.07, 6.45) is -3.11. The molecule has 8 N–H and O–H groups in total. The van der Waals surface area contributed by atoms with Crippen molar-refractivity contribution < 1.29 is 105 Å². The number of carbonyl (C=O) groups excluding carboxylic acids is 6. The van der Waals surface area contributed by atoms with Gasteiger partial charge in [0.1, 0.15) is 13.1 Å². The summed E-state index contributed by atoms with van der Waals surface area (Å²) in [5.41, 5.74) is 0.744. The molecule has 7 rings (SSSR count). The molecule has 2 aliphatic heterocycles. The average molecular weight is 1050 g/mol. The van der Waals surface area contributed by atoms with Gasteiger partial charge in [0.05, 0.1) is 26.2 Å². The van der Waals surface area contributed by atoms with Crippen LogP contribution >= 0.6 is 0 Å². The summed E-state index contributed by atoms with van der Waals surface area (Å²) in [6, 6.07) is 13.0. The summed E-state index contributed by atoms with van der Waals surface area (Å²) in [5.74, 6) is -9.60. The van der Waals surface area contributed by atoms with Gasteiger partial charge in [0.15, 0.2) is 0 Å². The molecular weight excluding hydrogens is 1010 g/mol. The van der Waals surface area contributed by atoms with E-state index in [1.54, 1.807) is 48.5 Å². The van der Waals surface area contributed by atoms with Crippen molar-refractivity contribution in [1.29, 1.82) is 0 Å². The van der Waals surface area contributed by atoms with Crippen LogP contribution in [0.25, 0.3) is 43.1 Å². The fourth-order valence-corrected chi connectivity index (χ4v) is 9.05. The number of nitrogens with one attached hydrogen (secondary N) is 2. The van der Waals surface area contributed by atoms with Gasteiger partial charge < -0.3 is 41.3 Å². The van der Waals surface area contributed by atoms with Crippen LogP contribution in [0.3, 0.4) is 0 Å². The normalized spacial score (nSPS) is 13.0. The first-order valence-electron chi connectivity index (χ1n) is 21.9. The molecule has 0 aromatic heterocycles. The van der Waals surface area contributed by atoms with Crippen molar-refractivity contribution in [3.8, 4) is 0 Å². The van der Waals surface area contributed by atoms with Gasteiger partial charge in [0.25, 0.3) is 23.6 Å². The molecule has 27 heteroatoms. The molecule has 5 aromatic carbocycles. The van der Waals surface area contributed by atoms with Crippen molar-refractivity contribution in [1.82, 2.24) is 40.0 Å². The van der Waals surface area contributed by atoms with Crippen LogP contribution in [0.1, 0.15) is 41.4 Å². The minimum atomic E-state index is -1.55. The molecule has 0 fully saturated rings. The predicted octanol–water partition coefficient (Wildman–Crippen LogP) is 0.0615. The third-order valence-electron chi connectivity index (χ3n) is 12.1. The molecule has 0 saturated carbocycles. The Bertz CT molecular complexity index is 2840. The number of aliphatic carboxylic acids is 4. The second-order valence-corrected chi connectivity index (χ2v) is 16.8. The van der Waals surface area contributed by atoms with Crippen molar-refractivity contribution >= 4 is 115 Å². The van der Waals surface area contributed by atoms with Crippen LogP contribution in [0.4, 0.5) is 9.59 Å². The summed E-state index contributed by atoms with van der Waals surface area (Å²) in [7, 11) is 0. The van der Waals surface area contributed by atoms with E-state index in [1.807, 2.05) is 0 Å². The molecule has 0 atom stereocenters. The third kappa shape index (κ3) is 11.3. The number of rotatable bonds is 24. The smallest absolute Gasteiger partial charge is 0.480 e. The summed E-state index contributed by atoms with van der Waals surface area (Å²) in [4.78, 5) is 155. The average Bonchev–Trinajstić information content (AvgIpc) is 3.30. The molecule has 0 saturated heterocycles. The van der Waals surface area contributed by atoms with Crippen LogP contribution in [0.15, 0.2) is 48.5 Å². The van der Waals surface area contributed by atoms with Crippen molar-refractivity contribution in [2.45, 2.75) is 0 Å². The predicted molar refractivity (Wildman–Crippen MR) is 247 cm³/mol. The molecule has 5 aromatic rings. The minimum Gasteiger partial charge on any atom is -0.480 e. The van der Waals surface area contributed by atoms with E-state index in [4.69, 9.17) is 10.2 Å². The van der Waals surface area contributed by atoms with Crippen LogP contribution < -0.4 is 10.6 Å². The molecule has 2 aliphatic rings. The van der Waals surface area contributed by atoms with Gasteiger partial charge in [-0.3, -0.25) is 77.3 Å². The number of carboxylic acids is 4. The molecule has 8 amide bonds. The maximum Gasteiger partial charge on any atom is 2.00 e. The second kappa shape index (κ2) is 22.3. The number of hydrogen-bond acceptors (Lipinski definition) is 14. The fourth-order valence-electron chi connectivity index (χ4n) is 9.05. The Balaban J connectivity index is 0.00000869. The molecule has 2 heterocycles. The number of carboxylic acid groups (broad SMARTS) is 6. The fraction of sp³-hybridized carbons (Fsp3) is 0.304. The van der Waals surface area contributed by atoms with E-state index >= 15 is 0 Å². The Kier molecular flexibility index (Phi) is 16.4. The first-order chi connectivity index (χ1) is 34.2. The van der Waals surface area contributed by atoms with Crippen molar-refractivity contribution in [2.75, 3.05) is 91.6 Å². The van der Waals surface area contributed by atoms with E-state index in [1.165, 1.54) is 0 Å². The Morgan fingerprint density at radius 3 is 0.945 bits per heavy atom. The molecule has 0 unspecified atom stereocenters. The molecule has 0 bridgehead atoms. The van der Waals surface area contributed by atoms with E-state index in [2.05, 4.69) is 10.6 Å². The number of nitrogens with zero attached hydrogens (tertiary/aromatic N) is 6. The Labute approximate surface area is 421 Å². The Morgan fingerprint density at radius 1 is 0.397 bits per heavy atom. The van der Waals surface area contributed by atoms with Gasteiger partial charge in [-0.25, -0.2) is 9.59 Å². The van der Waals surface area contributed by atoms with Gasteiger partial charge >= 0.3 is 53.1 Å². The van der Waals surface area contributed by atoms with Crippen LogP contribution in [0.2, 0.25) is 0 Å². The van der Waals surface area contributed by atoms with Crippen LogP contribution in [0.5, 0.6) is 0 Å². The molecule has 382 valence electrons. The van der Waals surface area contributed by atoms with Crippen molar-refractivity contribution in [2.24, 2.45) is 0 Å². The molecule has 0 radical (unpaired) electrons. The number of hydrogen-bond donors (Lipinski definition) is 8.